The maximum Gasteiger partial charge on any atom is 0.272 e. The lowest BCUT2D eigenvalue weighted by atomic mass is 10.1. The van der Waals surface area contributed by atoms with Crippen molar-refractivity contribution >= 4 is 11.9 Å². The minimum Gasteiger partial charge on any atom is -0.550 e. The molecular weight excluding hydrogens is 493 g/mol. The van der Waals surface area contributed by atoms with Crippen LogP contribution in [-0.4, -0.2) is 51.0 Å². The van der Waals surface area contributed by atoms with E-state index in [1.54, 1.807) is 19.2 Å². The van der Waals surface area contributed by atoms with Gasteiger partial charge in [-0.25, -0.2) is 9.37 Å². The monoisotopic (exact) mass is 524 g/mol. The van der Waals surface area contributed by atoms with Gasteiger partial charge in [-0.15, -0.1) is 0 Å². The summed E-state index contributed by atoms with van der Waals surface area (Å²) in [5, 5.41) is 34.0. The molecule has 1 aliphatic rings. The molecule has 0 aliphatic heterocycles. The molecule has 0 spiro atoms. The molecular formula is C28H31FN3O6-. The number of aliphatic carboxylic acids is 1. The number of nitrogens with one attached hydrogen (secondary N) is 1. The highest BCUT2D eigenvalue weighted by Crippen LogP contribution is 2.43. The fourth-order valence-electron chi connectivity index (χ4n) is 4.54. The van der Waals surface area contributed by atoms with Gasteiger partial charge in [0, 0.05) is 42.5 Å². The molecule has 1 fully saturated rings. The largest absolute Gasteiger partial charge is 0.550 e. The number of nitrogens with zero attached hydrogens (tertiary/aromatic N) is 2. The molecule has 1 saturated carbocycles. The van der Waals surface area contributed by atoms with Crippen molar-refractivity contribution in [2.24, 2.45) is 0 Å². The number of para-hydroxylation sites is 1. The van der Waals surface area contributed by atoms with Gasteiger partial charge in [0.2, 0.25) is 0 Å². The lowest BCUT2D eigenvalue weighted by molar-refractivity contribution is -0.307. The number of aliphatic hydroxyl groups excluding tert-OH is 2. The molecule has 0 saturated heterocycles. The summed E-state index contributed by atoms with van der Waals surface area (Å²) in [6, 6.07) is 13.2. The molecule has 10 heteroatoms. The Hall–Kier alpha value is -3.76. The Morgan fingerprint density at radius 1 is 1.16 bits per heavy atom. The van der Waals surface area contributed by atoms with Crippen molar-refractivity contribution < 1.29 is 34.0 Å². The third-order valence-corrected chi connectivity index (χ3v) is 6.55. The van der Waals surface area contributed by atoms with E-state index in [4.69, 9.17) is 4.74 Å². The molecule has 202 valence electrons. The van der Waals surface area contributed by atoms with Crippen LogP contribution in [0.2, 0.25) is 0 Å². The lowest BCUT2D eigenvalue weighted by Crippen LogP contribution is -2.29. The van der Waals surface area contributed by atoms with Crippen LogP contribution < -0.4 is 15.2 Å². The highest BCUT2D eigenvalue weighted by atomic mass is 19.1. The van der Waals surface area contributed by atoms with Gasteiger partial charge in [-0.2, -0.15) is 0 Å². The van der Waals surface area contributed by atoms with Crippen molar-refractivity contribution in [1.29, 1.82) is 0 Å². The third-order valence-electron chi connectivity index (χ3n) is 6.55. The Labute approximate surface area is 219 Å². The first-order valence-electron chi connectivity index (χ1n) is 12.6. The molecule has 3 aromatic rings. The number of halogens is 1. The normalized spacial score (nSPS) is 14.6. The molecule has 1 amide bonds. The molecule has 2 aromatic carbocycles. The molecule has 1 aromatic heterocycles. The van der Waals surface area contributed by atoms with Crippen LogP contribution in [-0.2, 0) is 17.9 Å². The van der Waals surface area contributed by atoms with Gasteiger partial charge in [-0.3, -0.25) is 4.79 Å². The summed E-state index contributed by atoms with van der Waals surface area (Å²) in [6.07, 6.45) is -0.942. The van der Waals surface area contributed by atoms with Gasteiger partial charge in [-0.05, 0) is 56.0 Å². The SMILES string of the molecule is COc1ccccc1CNC(=O)c1nc(-c2ccc(F)cc2)n(CC[C@@H](O)C[C@@H](O)CC(=O)[O-])c1C1CC1. The van der Waals surface area contributed by atoms with Crippen molar-refractivity contribution in [3.05, 3.63) is 71.3 Å². The van der Waals surface area contributed by atoms with Crippen molar-refractivity contribution in [2.45, 2.75) is 63.3 Å². The molecule has 4 rings (SSSR count). The Morgan fingerprint density at radius 3 is 2.53 bits per heavy atom. The zero-order chi connectivity index (χ0) is 27.2. The van der Waals surface area contributed by atoms with E-state index in [9.17, 15) is 29.3 Å². The van der Waals surface area contributed by atoms with Crippen LogP contribution in [0.5, 0.6) is 5.75 Å². The Kier molecular flexibility index (Phi) is 8.75. The van der Waals surface area contributed by atoms with Crippen LogP contribution in [0.1, 0.15) is 59.8 Å². The maximum absolute atomic E-state index is 13.6. The summed E-state index contributed by atoms with van der Waals surface area (Å²) < 4.78 is 20.9. The predicted octanol–water partition coefficient (Wildman–Crippen LogP) is 2.15. The Bertz CT molecular complexity index is 1270. The number of imidazole rings is 1. The zero-order valence-corrected chi connectivity index (χ0v) is 21.1. The summed E-state index contributed by atoms with van der Waals surface area (Å²) in [5.41, 5.74) is 2.44. The van der Waals surface area contributed by atoms with E-state index in [2.05, 4.69) is 10.3 Å². The van der Waals surface area contributed by atoms with Gasteiger partial charge in [0.25, 0.3) is 5.91 Å². The number of hydrogen-bond donors (Lipinski definition) is 3. The molecule has 3 N–H and O–H groups in total. The van der Waals surface area contributed by atoms with Gasteiger partial charge in [0.05, 0.1) is 25.0 Å². The Balaban J connectivity index is 1.61. The summed E-state index contributed by atoms with van der Waals surface area (Å²) in [5.74, 6) is -0.909. The molecule has 1 heterocycles. The maximum atomic E-state index is 13.6. The molecule has 0 unspecified atom stereocenters. The molecule has 1 aliphatic carbocycles. The number of carbonyl (C=O) groups is 2. The average Bonchev–Trinajstić information content (AvgIpc) is 3.66. The van der Waals surface area contributed by atoms with E-state index >= 15 is 0 Å². The molecule has 38 heavy (non-hydrogen) atoms. The van der Waals surface area contributed by atoms with E-state index in [1.165, 1.54) is 12.1 Å². The number of ether oxygens (including phenoxy) is 1. The van der Waals surface area contributed by atoms with Crippen molar-refractivity contribution in [1.82, 2.24) is 14.9 Å². The topological polar surface area (TPSA) is 137 Å². The number of hydrogen-bond acceptors (Lipinski definition) is 7. The standard InChI is InChI=1S/C28H32FN3O6/c1-38-23-5-3-2-4-19(23)16-30-28(37)25-26(17-6-7-17)32(13-12-21(33)14-22(34)15-24(35)36)27(31-25)18-8-10-20(29)11-9-18/h2-5,8-11,17,21-22,33-34H,6-7,12-16H2,1H3,(H,30,37)(H,35,36)/p-1/t21-,22-/m1/s1. The van der Waals surface area contributed by atoms with Gasteiger partial charge in [0.1, 0.15) is 23.1 Å². The van der Waals surface area contributed by atoms with Crippen molar-refractivity contribution in [3.63, 3.8) is 0 Å². The predicted molar refractivity (Wildman–Crippen MR) is 135 cm³/mol. The molecule has 0 bridgehead atoms. The average molecular weight is 525 g/mol. The number of benzene rings is 2. The minimum absolute atomic E-state index is 0.115. The first-order valence-corrected chi connectivity index (χ1v) is 12.6. The van der Waals surface area contributed by atoms with Gasteiger partial charge >= 0.3 is 0 Å². The second kappa shape index (κ2) is 12.2. The van der Waals surface area contributed by atoms with Crippen LogP contribution in [0, 0.1) is 5.82 Å². The van der Waals surface area contributed by atoms with Gasteiger partial charge < -0.3 is 34.7 Å². The van der Waals surface area contributed by atoms with E-state index < -0.39 is 30.4 Å². The van der Waals surface area contributed by atoms with E-state index in [-0.39, 0.29) is 43.5 Å². The third kappa shape index (κ3) is 6.76. The number of aliphatic hydroxyl groups is 2. The van der Waals surface area contributed by atoms with Crippen LogP contribution in [0.15, 0.2) is 48.5 Å². The summed E-state index contributed by atoms with van der Waals surface area (Å²) in [6.45, 7) is 0.505. The second-order valence-electron chi connectivity index (χ2n) is 9.50. The first kappa shape index (κ1) is 27.3. The number of carbonyl (C=O) groups excluding carboxylic acids is 2. The quantitative estimate of drug-likeness (QED) is 0.312. The van der Waals surface area contributed by atoms with E-state index in [1.807, 2.05) is 28.8 Å². The molecule has 0 radical (unpaired) electrons. The molecule has 9 nitrogen and oxygen atoms in total. The number of rotatable bonds is 13. The van der Waals surface area contributed by atoms with E-state index in [0.717, 1.165) is 24.1 Å². The Morgan fingerprint density at radius 2 is 1.87 bits per heavy atom. The van der Waals surface area contributed by atoms with Crippen LogP contribution in [0.25, 0.3) is 11.4 Å². The van der Waals surface area contributed by atoms with Crippen LogP contribution in [0.4, 0.5) is 4.39 Å². The number of methoxy groups -OCH3 is 1. The smallest absolute Gasteiger partial charge is 0.272 e. The number of carboxylic acid groups (broad SMARTS) is 1. The minimum atomic E-state index is -1.39. The summed E-state index contributed by atoms with van der Waals surface area (Å²) in [4.78, 5) is 28.8. The number of amides is 1. The highest BCUT2D eigenvalue weighted by molar-refractivity contribution is 5.94. The fraction of sp³-hybridized carbons (Fsp3) is 0.393. The highest BCUT2D eigenvalue weighted by Gasteiger charge is 2.35. The summed E-state index contributed by atoms with van der Waals surface area (Å²) >= 11 is 0. The fourth-order valence-corrected chi connectivity index (χ4v) is 4.54. The van der Waals surface area contributed by atoms with Crippen LogP contribution >= 0.6 is 0 Å². The van der Waals surface area contributed by atoms with Crippen LogP contribution in [0.3, 0.4) is 0 Å². The van der Waals surface area contributed by atoms with Crippen molar-refractivity contribution in [2.75, 3.05) is 7.11 Å². The first-order chi connectivity index (χ1) is 18.3. The number of carboxylic acids is 1. The second-order valence-corrected chi connectivity index (χ2v) is 9.50. The van der Waals surface area contributed by atoms with E-state index in [0.29, 0.717) is 17.1 Å². The van der Waals surface area contributed by atoms with Crippen molar-refractivity contribution in [3.8, 4) is 17.1 Å². The van der Waals surface area contributed by atoms with Gasteiger partial charge in [0.15, 0.2) is 0 Å². The zero-order valence-electron chi connectivity index (χ0n) is 21.1. The summed E-state index contributed by atoms with van der Waals surface area (Å²) in [7, 11) is 1.56. The number of aromatic nitrogens is 2. The lowest BCUT2D eigenvalue weighted by Gasteiger charge is -2.18. The molecule has 2 atom stereocenters. The van der Waals surface area contributed by atoms with Gasteiger partial charge in [-0.1, -0.05) is 18.2 Å².